The molecule has 27 heavy (non-hydrogen) atoms. The van der Waals surface area contributed by atoms with Crippen molar-refractivity contribution in [2.24, 2.45) is 11.8 Å². The van der Waals surface area contributed by atoms with Gasteiger partial charge in [-0.15, -0.1) is 0 Å². The van der Waals surface area contributed by atoms with Gasteiger partial charge in [0.15, 0.2) is 9.84 Å². The van der Waals surface area contributed by atoms with Crippen molar-refractivity contribution in [3.05, 3.63) is 24.3 Å². The highest BCUT2D eigenvalue weighted by molar-refractivity contribution is 7.90. The number of sulfone groups is 1. The van der Waals surface area contributed by atoms with E-state index in [9.17, 15) is 18.0 Å². The first-order valence-corrected chi connectivity index (χ1v) is 11.0. The largest absolute Gasteiger partial charge is 0.493 e. The summed E-state index contributed by atoms with van der Waals surface area (Å²) in [6, 6.07) is 6.32. The molecule has 1 saturated carbocycles. The van der Waals surface area contributed by atoms with Gasteiger partial charge >= 0.3 is 5.97 Å². The van der Waals surface area contributed by atoms with Crippen molar-refractivity contribution >= 4 is 21.7 Å². The number of nitrogens with zero attached hydrogens (tertiary/aromatic N) is 1. The van der Waals surface area contributed by atoms with Crippen LogP contribution in [-0.4, -0.2) is 56.8 Å². The summed E-state index contributed by atoms with van der Waals surface area (Å²) in [7, 11) is -1.56. The van der Waals surface area contributed by atoms with Gasteiger partial charge in [-0.1, -0.05) is 12.5 Å². The lowest BCUT2D eigenvalue weighted by Gasteiger charge is -2.29. The van der Waals surface area contributed by atoms with Gasteiger partial charge < -0.3 is 14.7 Å². The van der Waals surface area contributed by atoms with Gasteiger partial charge in [0.1, 0.15) is 5.75 Å². The summed E-state index contributed by atoms with van der Waals surface area (Å²) in [5, 5.41) is 9.15. The third-order valence-electron chi connectivity index (χ3n) is 4.89. The topological polar surface area (TPSA) is 101 Å². The predicted octanol–water partition coefficient (Wildman–Crippen LogP) is 2.21. The van der Waals surface area contributed by atoms with Gasteiger partial charge in [-0.3, -0.25) is 9.59 Å². The summed E-state index contributed by atoms with van der Waals surface area (Å²) in [5.74, 6) is -1.01. The molecule has 1 amide bonds. The van der Waals surface area contributed by atoms with Crippen LogP contribution in [0.5, 0.6) is 5.75 Å². The molecule has 7 nitrogen and oxygen atoms in total. The first-order valence-electron chi connectivity index (χ1n) is 9.09. The minimum atomic E-state index is -3.28. The van der Waals surface area contributed by atoms with E-state index in [0.717, 1.165) is 19.1 Å². The van der Waals surface area contributed by atoms with Crippen LogP contribution in [0.25, 0.3) is 0 Å². The molecule has 0 heterocycles. The summed E-state index contributed by atoms with van der Waals surface area (Å²) in [5.41, 5.74) is 0. The van der Waals surface area contributed by atoms with Crippen molar-refractivity contribution in [1.29, 1.82) is 0 Å². The summed E-state index contributed by atoms with van der Waals surface area (Å²) < 4.78 is 28.7. The maximum Gasteiger partial charge on any atom is 0.306 e. The average Bonchev–Trinajstić information content (AvgIpc) is 2.64. The van der Waals surface area contributed by atoms with Crippen molar-refractivity contribution < 1.29 is 27.9 Å². The molecule has 1 N–H and O–H groups in total. The van der Waals surface area contributed by atoms with E-state index in [1.54, 1.807) is 24.1 Å². The fraction of sp³-hybridized carbons (Fsp3) is 0.579. The molecule has 0 saturated heterocycles. The Morgan fingerprint density at radius 3 is 2.63 bits per heavy atom. The Morgan fingerprint density at radius 2 is 1.96 bits per heavy atom. The minimum absolute atomic E-state index is 0.0139. The van der Waals surface area contributed by atoms with Crippen molar-refractivity contribution in [3.8, 4) is 5.75 Å². The second-order valence-electron chi connectivity index (χ2n) is 7.11. The van der Waals surface area contributed by atoms with Crippen LogP contribution in [-0.2, 0) is 19.4 Å². The van der Waals surface area contributed by atoms with E-state index in [1.165, 1.54) is 12.1 Å². The maximum atomic E-state index is 12.5. The van der Waals surface area contributed by atoms with E-state index in [2.05, 4.69) is 0 Å². The van der Waals surface area contributed by atoms with Crippen molar-refractivity contribution in [2.45, 2.75) is 37.0 Å². The zero-order valence-corrected chi connectivity index (χ0v) is 16.6. The van der Waals surface area contributed by atoms with E-state index in [-0.39, 0.29) is 16.7 Å². The Kier molecular flexibility index (Phi) is 7.24. The molecule has 0 bridgehead atoms. The number of aliphatic carboxylic acids is 1. The van der Waals surface area contributed by atoms with Gasteiger partial charge in [-0.05, 0) is 43.9 Å². The molecule has 1 aliphatic carbocycles. The first kappa shape index (κ1) is 21.2. The maximum absolute atomic E-state index is 12.5. The molecular formula is C19H27NO6S. The molecule has 0 radical (unpaired) electrons. The second-order valence-corrected chi connectivity index (χ2v) is 9.12. The van der Waals surface area contributed by atoms with Crippen LogP contribution in [0, 0.1) is 11.8 Å². The fourth-order valence-corrected chi connectivity index (χ4v) is 4.00. The lowest BCUT2D eigenvalue weighted by Crippen LogP contribution is -2.37. The number of hydrogen-bond acceptors (Lipinski definition) is 5. The minimum Gasteiger partial charge on any atom is -0.493 e. The first-order chi connectivity index (χ1) is 12.7. The van der Waals surface area contributed by atoms with Crippen molar-refractivity contribution in [2.75, 3.05) is 26.5 Å². The van der Waals surface area contributed by atoms with Crippen molar-refractivity contribution in [1.82, 2.24) is 4.90 Å². The molecule has 0 aliphatic heterocycles. The third kappa shape index (κ3) is 6.23. The van der Waals surface area contributed by atoms with Gasteiger partial charge in [0, 0.05) is 25.8 Å². The van der Waals surface area contributed by atoms with Gasteiger partial charge in [-0.2, -0.15) is 0 Å². The number of carbonyl (C=O) groups excluding carboxylic acids is 1. The number of carboxylic acids is 1. The highest BCUT2D eigenvalue weighted by Gasteiger charge is 2.32. The van der Waals surface area contributed by atoms with Gasteiger partial charge in [0.05, 0.1) is 17.4 Å². The lowest BCUT2D eigenvalue weighted by molar-refractivity contribution is -0.145. The van der Waals surface area contributed by atoms with Crippen LogP contribution in [0.4, 0.5) is 0 Å². The van der Waals surface area contributed by atoms with E-state index < -0.39 is 21.7 Å². The Hall–Kier alpha value is -2.09. The quantitative estimate of drug-likeness (QED) is 0.675. The molecule has 1 aromatic rings. The molecule has 2 atom stereocenters. The Balaban J connectivity index is 1.78. The van der Waals surface area contributed by atoms with E-state index in [4.69, 9.17) is 9.84 Å². The average molecular weight is 397 g/mol. The lowest BCUT2D eigenvalue weighted by atomic mass is 9.81. The van der Waals surface area contributed by atoms with Crippen LogP contribution in [0.1, 0.15) is 32.1 Å². The Bertz CT molecular complexity index is 776. The molecular weight excluding hydrogens is 370 g/mol. The monoisotopic (exact) mass is 397 g/mol. The molecule has 0 aromatic heterocycles. The third-order valence-corrected chi connectivity index (χ3v) is 6.00. The number of amides is 1. The van der Waals surface area contributed by atoms with Crippen LogP contribution in [0.2, 0.25) is 0 Å². The number of benzene rings is 1. The zero-order valence-electron chi connectivity index (χ0n) is 15.8. The summed E-state index contributed by atoms with van der Waals surface area (Å²) in [6.07, 6.45) is 4.30. The summed E-state index contributed by atoms with van der Waals surface area (Å²) >= 11 is 0. The number of rotatable bonds is 8. The van der Waals surface area contributed by atoms with E-state index >= 15 is 0 Å². The molecule has 0 spiro atoms. The van der Waals surface area contributed by atoms with Crippen LogP contribution < -0.4 is 4.74 Å². The molecule has 1 aromatic carbocycles. The number of ether oxygens (including phenoxy) is 1. The zero-order chi connectivity index (χ0) is 20.0. The predicted molar refractivity (Wildman–Crippen MR) is 100 cm³/mol. The normalized spacial score (nSPS) is 20.1. The Labute approximate surface area is 160 Å². The molecule has 2 unspecified atom stereocenters. The van der Waals surface area contributed by atoms with Gasteiger partial charge in [0.25, 0.3) is 0 Å². The van der Waals surface area contributed by atoms with Crippen LogP contribution >= 0.6 is 0 Å². The fourth-order valence-electron chi connectivity index (χ4n) is 3.35. The molecule has 2 rings (SSSR count). The molecule has 1 fully saturated rings. The van der Waals surface area contributed by atoms with Crippen LogP contribution in [0.15, 0.2) is 29.2 Å². The number of hydrogen-bond donors (Lipinski definition) is 1. The Morgan fingerprint density at radius 1 is 1.26 bits per heavy atom. The molecule has 8 heteroatoms. The smallest absolute Gasteiger partial charge is 0.306 e. The van der Waals surface area contributed by atoms with Gasteiger partial charge in [0.2, 0.25) is 5.91 Å². The number of carbonyl (C=O) groups is 2. The summed E-state index contributed by atoms with van der Waals surface area (Å²) in [4.78, 5) is 25.5. The van der Waals surface area contributed by atoms with Gasteiger partial charge in [-0.25, -0.2) is 8.42 Å². The highest BCUT2D eigenvalue weighted by Crippen LogP contribution is 2.30. The van der Waals surface area contributed by atoms with Crippen molar-refractivity contribution in [3.63, 3.8) is 0 Å². The van der Waals surface area contributed by atoms with E-state index in [0.29, 0.717) is 38.2 Å². The number of carboxylic acid groups (broad SMARTS) is 1. The highest BCUT2D eigenvalue weighted by atomic mass is 32.2. The second kappa shape index (κ2) is 9.21. The van der Waals surface area contributed by atoms with E-state index in [1.807, 2.05) is 0 Å². The molecule has 1 aliphatic rings. The standard InChI is InChI=1S/C19H27NO6S/c1-20(18(21)14-6-3-7-15(12-14)19(22)23)10-5-11-26-16-8-4-9-17(13-16)27(2,24)25/h4,8-9,13-15H,3,5-7,10-12H2,1-2H3,(H,22,23). The van der Waals surface area contributed by atoms with Crippen LogP contribution in [0.3, 0.4) is 0 Å². The summed E-state index contributed by atoms with van der Waals surface area (Å²) in [6.45, 7) is 0.853. The molecule has 150 valence electrons. The SMILES string of the molecule is CN(CCCOc1cccc(S(C)(=O)=O)c1)C(=O)C1CCCC(C(=O)O)C1.